The van der Waals surface area contributed by atoms with Gasteiger partial charge < -0.3 is 10.2 Å². The Morgan fingerprint density at radius 3 is 3.08 bits per heavy atom. The van der Waals surface area contributed by atoms with Crippen molar-refractivity contribution in [3.63, 3.8) is 0 Å². The molecule has 3 nitrogen and oxygen atoms in total. The van der Waals surface area contributed by atoms with Crippen LogP contribution in [0, 0.1) is 0 Å². The molecular formula is C9H11NO2. The Bertz CT molecular complexity index is 309. The lowest BCUT2D eigenvalue weighted by atomic mass is 10.0. The fourth-order valence-electron chi connectivity index (χ4n) is 1.74. The molecule has 0 bridgehead atoms. The Morgan fingerprint density at radius 1 is 1.67 bits per heavy atom. The number of aromatic nitrogens is 1. The van der Waals surface area contributed by atoms with Crippen molar-refractivity contribution in [1.82, 2.24) is 4.98 Å². The molecule has 0 radical (unpaired) electrons. The van der Waals surface area contributed by atoms with Crippen LogP contribution in [0.2, 0.25) is 0 Å². The summed E-state index contributed by atoms with van der Waals surface area (Å²) in [6, 6.07) is 1.75. The molecule has 0 saturated heterocycles. The van der Waals surface area contributed by atoms with Crippen LogP contribution < -0.4 is 0 Å². The summed E-state index contributed by atoms with van der Waals surface area (Å²) in [6.07, 6.45) is 3.07. The molecule has 0 aliphatic heterocycles. The van der Waals surface area contributed by atoms with Crippen LogP contribution in [0.1, 0.15) is 30.6 Å². The zero-order valence-corrected chi connectivity index (χ0v) is 6.86. The first-order chi connectivity index (χ1) is 5.61. The van der Waals surface area contributed by atoms with E-state index in [2.05, 4.69) is 4.98 Å². The maximum absolute atomic E-state index is 9.82. The highest BCUT2D eigenvalue weighted by Crippen LogP contribution is 2.41. The molecule has 1 aromatic heterocycles. The van der Waals surface area contributed by atoms with Crippen molar-refractivity contribution in [2.24, 2.45) is 0 Å². The maximum Gasteiger partial charge on any atom is 0.0915 e. The molecule has 0 saturated carbocycles. The Labute approximate surface area is 70.7 Å². The molecule has 1 aliphatic carbocycles. The van der Waals surface area contributed by atoms with Crippen molar-refractivity contribution >= 4 is 0 Å². The average molecular weight is 165 g/mol. The number of nitrogens with zero attached hydrogens (tertiary/aromatic N) is 1. The van der Waals surface area contributed by atoms with Gasteiger partial charge in [0.15, 0.2) is 0 Å². The van der Waals surface area contributed by atoms with Crippen LogP contribution in [0.4, 0.5) is 0 Å². The molecule has 1 heterocycles. The average Bonchev–Trinajstić information content (AvgIpc) is 2.25. The molecule has 0 aromatic carbocycles. The summed E-state index contributed by atoms with van der Waals surface area (Å²) in [5.74, 6) is 0. The van der Waals surface area contributed by atoms with Gasteiger partial charge in [0.1, 0.15) is 0 Å². The van der Waals surface area contributed by atoms with Gasteiger partial charge in [-0.1, -0.05) is 0 Å². The number of hydrogen-bond donors (Lipinski definition) is 2. The van der Waals surface area contributed by atoms with E-state index < -0.39 is 11.7 Å². The summed E-state index contributed by atoms with van der Waals surface area (Å²) >= 11 is 0. The number of hydrogen-bond acceptors (Lipinski definition) is 3. The minimum Gasteiger partial charge on any atom is -0.388 e. The second-order valence-corrected chi connectivity index (χ2v) is 3.46. The van der Waals surface area contributed by atoms with Crippen molar-refractivity contribution < 1.29 is 10.2 Å². The van der Waals surface area contributed by atoms with E-state index >= 15 is 0 Å². The lowest BCUT2D eigenvalue weighted by molar-refractivity contribution is 0.0227. The van der Waals surface area contributed by atoms with E-state index in [1.807, 2.05) is 0 Å². The molecule has 2 atom stereocenters. The zero-order valence-electron chi connectivity index (χ0n) is 6.86. The van der Waals surface area contributed by atoms with Gasteiger partial charge in [-0.15, -0.1) is 0 Å². The summed E-state index contributed by atoms with van der Waals surface area (Å²) in [6.45, 7) is 1.70. The molecule has 3 heteroatoms. The topological polar surface area (TPSA) is 53.4 Å². The van der Waals surface area contributed by atoms with Crippen molar-refractivity contribution in [3.05, 3.63) is 29.6 Å². The number of rotatable bonds is 0. The lowest BCUT2D eigenvalue weighted by Gasteiger charge is -2.16. The number of pyridine rings is 1. The van der Waals surface area contributed by atoms with Gasteiger partial charge >= 0.3 is 0 Å². The van der Waals surface area contributed by atoms with Gasteiger partial charge in [0.25, 0.3) is 0 Å². The van der Waals surface area contributed by atoms with E-state index in [0.29, 0.717) is 6.42 Å². The Morgan fingerprint density at radius 2 is 2.42 bits per heavy atom. The molecule has 0 fully saturated rings. The predicted octanol–water partition coefficient (Wildman–Crippen LogP) is 0.726. The van der Waals surface area contributed by atoms with E-state index in [-0.39, 0.29) is 0 Å². The monoisotopic (exact) mass is 165 g/mol. The molecule has 2 N–H and O–H groups in total. The van der Waals surface area contributed by atoms with Crippen molar-refractivity contribution in [1.29, 1.82) is 0 Å². The molecule has 12 heavy (non-hydrogen) atoms. The van der Waals surface area contributed by atoms with Gasteiger partial charge in [-0.3, -0.25) is 4.98 Å². The standard InChI is InChI=1S/C9H11NO2/c1-9(12)4-8(11)6-2-3-10-5-7(6)9/h2-3,5,8,11-12H,4H2,1H3/t8-,9+/m0/s1. The highest BCUT2D eigenvalue weighted by molar-refractivity contribution is 5.35. The summed E-state index contributed by atoms with van der Waals surface area (Å²) in [4.78, 5) is 3.92. The highest BCUT2D eigenvalue weighted by Gasteiger charge is 2.37. The summed E-state index contributed by atoms with van der Waals surface area (Å²) in [7, 11) is 0. The van der Waals surface area contributed by atoms with Crippen molar-refractivity contribution in [2.75, 3.05) is 0 Å². The molecule has 1 aliphatic rings. The first-order valence-corrected chi connectivity index (χ1v) is 3.96. The third kappa shape index (κ3) is 0.940. The number of aliphatic hydroxyl groups is 2. The first-order valence-electron chi connectivity index (χ1n) is 3.96. The van der Waals surface area contributed by atoms with Crippen LogP contribution in [0.3, 0.4) is 0 Å². The summed E-state index contributed by atoms with van der Waals surface area (Å²) < 4.78 is 0. The molecule has 1 aromatic rings. The van der Waals surface area contributed by atoms with E-state index in [1.165, 1.54) is 0 Å². The zero-order chi connectivity index (χ0) is 8.77. The van der Waals surface area contributed by atoms with Crippen molar-refractivity contribution in [2.45, 2.75) is 25.0 Å². The molecule has 0 spiro atoms. The SMILES string of the molecule is C[C@@]1(O)C[C@H](O)c2ccncc21. The van der Waals surface area contributed by atoms with Gasteiger partial charge in [-0.25, -0.2) is 0 Å². The normalized spacial score (nSPS) is 33.4. The predicted molar refractivity (Wildman–Crippen MR) is 43.4 cm³/mol. The van der Waals surface area contributed by atoms with Crippen LogP contribution in [0.15, 0.2) is 18.5 Å². The van der Waals surface area contributed by atoms with E-state index in [9.17, 15) is 10.2 Å². The minimum atomic E-state index is -0.914. The maximum atomic E-state index is 9.82. The van der Waals surface area contributed by atoms with Gasteiger partial charge in [-0.2, -0.15) is 0 Å². The van der Waals surface area contributed by atoms with Crippen LogP contribution in [0.5, 0.6) is 0 Å². The van der Waals surface area contributed by atoms with Crippen LogP contribution in [-0.4, -0.2) is 15.2 Å². The number of fused-ring (bicyclic) bond motifs is 1. The third-order valence-electron chi connectivity index (χ3n) is 2.38. The minimum absolute atomic E-state index is 0.369. The van der Waals surface area contributed by atoms with Crippen LogP contribution >= 0.6 is 0 Å². The first kappa shape index (κ1) is 7.71. The second-order valence-electron chi connectivity index (χ2n) is 3.46. The highest BCUT2D eigenvalue weighted by atomic mass is 16.3. The van der Waals surface area contributed by atoms with Gasteiger partial charge in [-0.05, 0) is 18.6 Å². The number of aliphatic hydroxyl groups excluding tert-OH is 1. The molecule has 0 amide bonds. The van der Waals surface area contributed by atoms with Gasteiger partial charge in [0.2, 0.25) is 0 Å². The summed E-state index contributed by atoms with van der Waals surface area (Å²) in [5, 5.41) is 19.3. The van der Waals surface area contributed by atoms with E-state index in [4.69, 9.17) is 0 Å². The Kier molecular flexibility index (Phi) is 1.46. The Balaban J connectivity index is 2.58. The molecule has 0 unspecified atom stereocenters. The van der Waals surface area contributed by atoms with Gasteiger partial charge in [0, 0.05) is 24.4 Å². The van der Waals surface area contributed by atoms with Crippen LogP contribution in [0.25, 0.3) is 0 Å². The molecule has 64 valence electrons. The largest absolute Gasteiger partial charge is 0.388 e. The fraction of sp³-hybridized carbons (Fsp3) is 0.444. The van der Waals surface area contributed by atoms with Gasteiger partial charge in [0.05, 0.1) is 11.7 Å². The summed E-state index contributed by atoms with van der Waals surface area (Å²) in [5.41, 5.74) is 0.635. The molecular weight excluding hydrogens is 154 g/mol. The Hall–Kier alpha value is -0.930. The van der Waals surface area contributed by atoms with E-state index in [1.54, 1.807) is 25.4 Å². The van der Waals surface area contributed by atoms with Crippen molar-refractivity contribution in [3.8, 4) is 0 Å². The fourth-order valence-corrected chi connectivity index (χ4v) is 1.74. The second kappa shape index (κ2) is 2.28. The molecule has 2 rings (SSSR count). The van der Waals surface area contributed by atoms with Crippen LogP contribution in [-0.2, 0) is 5.60 Å². The smallest absolute Gasteiger partial charge is 0.0915 e. The third-order valence-corrected chi connectivity index (χ3v) is 2.38. The lowest BCUT2D eigenvalue weighted by Crippen LogP contribution is -2.16. The van der Waals surface area contributed by atoms with E-state index in [0.717, 1.165) is 11.1 Å². The quantitative estimate of drug-likeness (QED) is 0.595.